The standard InChI is InChI=1S/C30H40N4O6/c1-17-8-9-20(14-18(17)2)26(27(36)32-21-10-12-22(39-7)13-11-21)34(24-15-19(24)3)28(37)23(16-25(31)35)33-29(38)40-30(4,5)6/h8-14,19,23-24,26H,15-16H2,1-7H3,(H2,31,35)(H,32,36)(H,33,38). The molecule has 1 aliphatic carbocycles. The molecule has 0 aromatic heterocycles. The maximum atomic E-state index is 14.2. The fourth-order valence-corrected chi connectivity index (χ4v) is 4.46. The van der Waals surface area contributed by atoms with Crippen molar-refractivity contribution in [3.05, 3.63) is 59.2 Å². The van der Waals surface area contributed by atoms with Crippen LogP contribution >= 0.6 is 0 Å². The van der Waals surface area contributed by atoms with Gasteiger partial charge in [-0.3, -0.25) is 14.4 Å². The summed E-state index contributed by atoms with van der Waals surface area (Å²) in [7, 11) is 1.55. The molecule has 4 N–H and O–H groups in total. The number of anilines is 1. The molecule has 1 fully saturated rings. The number of aryl methyl sites for hydroxylation is 2. The van der Waals surface area contributed by atoms with E-state index >= 15 is 0 Å². The number of benzene rings is 2. The van der Waals surface area contributed by atoms with Crippen LogP contribution in [0.4, 0.5) is 10.5 Å². The van der Waals surface area contributed by atoms with Gasteiger partial charge >= 0.3 is 6.09 Å². The van der Waals surface area contributed by atoms with E-state index in [1.165, 1.54) is 4.90 Å². The summed E-state index contributed by atoms with van der Waals surface area (Å²) in [6.45, 7) is 10.9. The molecule has 0 bridgehead atoms. The number of methoxy groups -OCH3 is 1. The molecular formula is C30H40N4O6. The van der Waals surface area contributed by atoms with Crippen molar-refractivity contribution in [2.24, 2.45) is 11.7 Å². The highest BCUT2D eigenvalue weighted by Gasteiger charge is 2.48. The Morgan fingerprint density at radius 1 is 1.05 bits per heavy atom. The maximum Gasteiger partial charge on any atom is 0.408 e. The Bertz CT molecular complexity index is 1250. The Labute approximate surface area is 235 Å². The largest absolute Gasteiger partial charge is 0.497 e. The van der Waals surface area contributed by atoms with E-state index in [4.69, 9.17) is 15.2 Å². The third-order valence-corrected chi connectivity index (χ3v) is 6.80. The summed E-state index contributed by atoms with van der Waals surface area (Å²) in [4.78, 5) is 54.2. The van der Waals surface area contributed by atoms with Gasteiger partial charge in [-0.25, -0.2) is 4.79 Å². The predicted octanol–water partition coefficient (Wildman–Crippen LogP) is 4.00. The molecule has 4 unspecified atom stereocenters. The second kappa shape index (κ2) is 12.4. The summed E-state index contributed by atoms with van der Waals surface area (Å²) in [6, 6.07) is 9.82. The van der Waals surface area contributed by atoms with Crippen LogP contribution in [0.2, 0.25) is 0 Å². The number of amides is 4. The van der Waals surface area contributed by atoms with Gasteiger partial charge in [0.15, 0.2) is 0 Å². The number of nitrogens with two attached hydrogens (primary N) is 1. The van der Waals surface area contributed by atoms with Crippen molar-refractivity contribution >= 4 is 29.5 Å². The number of carbonyl (C=O) groups is 4. The number of primary amides is 1. The first kappa shape index (κ1) is 30.5. The second-order valence-electron chi connectivity index (χ2n) is 11.4. The van der Waals surface area contributed by atoms with Gasteiger partial charge in [0, 0.05) is 11.7 Å². The average molecular weight is 553 g/mol. The molecule has 2 aromatic carbocycles. The molecule has 3 rings (SSSR count). The first-order chi connectivity index (χ1) is 18.7. The van der Waals surface area contributed by atoms with Crippen LogP contribution in [-0.4, -0.2) is 53.5 Å². The summed E-state index contributed by atoms with van der Waals surface area (Å²) >= 11 is 0. The third kappa shape index (κ3) is 7.97. The monoisotopic (exact) mass is 552 g/mol. The topological polar surface area (TPSA) is 140 Å². The van der Waals surface area contributed by atoms with Gasteiger partial charge in [-0.1, -0.05) is 25.1 Å². The molecule has 0 spiro atoms. The van der Waals surface area contributed by atoms with E-state index in [1.54, 1.807) is 52.1 Å². The zero-order valence-corrected chi connectivity index (χ0v) is 24.2. The minimum absolute atomic E-state index is 0.113. The first-order valence-corrected chi connectivity index (χ1v) is 13.3. The number of nitrogens with one attached hydrogen (secondary N) is 2. The Hall–Kier alpha value is -4.08. The summed E-state index contributed by atoms with van der Waals surface area (Å²) in [5, 5.41) is 5.43. The van der Waals surface area contributed by atoms with E-state index in [-0.39, 0.29) is 12.0 Å². The normalized spacial score (nSPS) is 17.7. The molecule has 0 radical (unpaired) electrons. The van der Waals surface area contributed by atoms with Crippen molar-refractivity contribution < 1.29 is 28.7 Å². The van der Waals surface area contributed by atoms with E-state index in [0.717, 1.165) is 11.1 Å². The maximum absolute atomic E-state index is 14.2. The average Bonchev–Trinajstić information content (AvgIpc) is 3.58. The molecule has 4 amide bonds. The van der Waals surface area contributed by atoms with E-state index in [2.05, 4.69) is 10.6 Å². The van der Waals surface area contributed by atoms with Gasteiger partial charge in [0.2, 0.25) is 11.8 Å². The zero-order chi connectivity index (χ0) is 29.8. The molecule has 0 saturated heterocycles. The summed E-state index contributed by atoms with van der Waals surface area (Å²) in [6.07, 6.45) is -0.644. The van der Waals surface area contributed by atoms with Gasteiger partial charge in [0.25, 0.3) is 5.91 Å². The molecule has 4 atom stereocenters. The molecule has 10 nitrogen and oxygen atoms in total. The van der Waals surface area contributed by atoms with Gasteiger partial charge in [-0.2, -0.15) is 0 Å². The number of nitrogens with zero attached hydrogens (tertiary/aromatic N) is 1. The van der Waals surface area contributed by atoms with Gasteiger partial charge in [0.1, 0.15) is 23.4 Å². The van der Waals surface area contributed by atoms with Crippen LogP contribution in [0.3, 0.4) is 0 Å². The van der Waals surface area contributed by atoms with Crippen molar-refractivity contribution in [1.82, 2.24) is 10.2 Å². The number of hydrogen-bond donors (Lipinski definition) is 3. The Balaban J connectivity index is 2.04. The van der Waals surface area contributed by atoms with Crippen LogP contribution < -0.4 is 21.1 Å². The Morgan fingerprint density at radius 2 is 1.68 bits per heavy atom. The van der Waals surface area contributed by atoms with Crippen molar-refractivity contribution in [3.63, 3.8) is 0 Å². The fourth-order valence-electron chi connectivity index (χ4n) is 4.46. The lowest BCUT2D eigenvalue weighted by Crippen LogP contribution is -2.54. The number of alkyl carbamates (subject to hydrolysis) is 1. The Kier molecular flexibility index (Phi) is 9.44. The molecule has 0 heterocycles. The smallest absolute Gasteiger partial charge is 0.408 e. The van der Waals surface area contributed by atoms with E-state index in [0.29, 0.717) is 23.4 Å². The second-order valence-corrected chi connectivity index (χ2v) is 11.4. The van der Waals surface area contributed by atoms with Crippen LogP contribution in [0, 0.1) is 19.8 Å². The number of carbonyl (C=O) groups excluding carboxylic acids is 4. The van der Waals surface area contributed by atoms with E-state index in [1.807, 2.05) is 39.0 Å². The number of rotatable bonds is 10. The van der Waals surface area contributed by atoms with Crippen LogP contribution in [0.1, 0.15) is 63.3 Å². The van der Waals surface area contributed by atoms with Crippen molar-refractivity contribution in [1.29, 1.82) is 0 Å². The molecule has 10 heteroatoms. The van der Waals surface area contributed by atoms with E-state index < -0.39 is 47.9 Å². The van der Waals surface area contributed by atoms with Gasteiger partial charge in [0.05, 0.1) is 13.5 Å². The summed E-state index contributed by atoms with van der Waals surface area (Å²) in [5.41, 5.74) is 7.77. The van der Waals surface area contributed by atoms with Gasteiger partial charge in [-0.15, -0.1) is 0 Å². The number of ether oxygens (including phenoxy) is 2. The van der Waals surface area contributed by atoms with Crippen molar-refractivity contribution in [3.8, 4) is 5.75 Å². The molecule has 40 heavy (non-hydrogen) atoms. The highest BCUT2D eigenvalue weighted by atomic mass is 16.6. The molecule has 1 aliphatic rings. The highest BCUT2D eigenvalue weighted by molar-refractivity contribution is 6.00. The summed E-state index contributed by atoms with van der Waals surface area (Å²) < 4.78 is 10.5. The van der Waals surface area contributed by atoms with E-state index in [9.17, 15) is 19.2 Å². The minimum atomic E-state index is -1.32. The van der Waals surface area contributed by atoms with Crippen molar-refractivity contribution in [2.45, 2.75) is 78.1 Å². The van der Waals surface area contributed by atoms with Crippen LogP contribution in [-0.2, 0) is 19.1 Å². The lowest BCUT2D eigenvalue weighted by molar-refractivity contribution is -0.142. The lowest BCUT2D eigenvalue weighted by Gasteiger charge is -2.35. The van der Waals surface area contributed by atoms with Crippen LogP contribution in [0.5, 0.6) is 5.75 Å². The highest BCUT2D eigenvalue weighted by Crippen LogP contribution is 2.41. The first-order valence-electron chi connectivity index (χ1n) is 13.3. The minimum Gasteiger partial charge on any atom is -0.497 e. The molecule has 0 aliphatic heterocycles. The van der Waals surface area contributed by atoms with Gasteiger partial charge in [-0.05, 0) is 87.9 Å². The SMILES string of the molecule is COc1ccc(NC(=O)C(c2ccc(C)c(C)c2)N(C(=O)C(CC(N)=O)NC(=O)OC(C)(C)C)C2CC2C)cc1. The molecule has 2 aromatic rings. The third-order valence-electron chi connectivity index (χ3n) is 6.80. The predicted molar refractivity (Wildman–Crippen MR) is 152 cm³/mol. The summed E-state index contributed by atoms with van der Waals surface area (Å²) in [5.74, 6) is -1.05. The fraction of sp³-hybridized carbons (Fsp3) is 0.467. The van der Waals surface area contributed by atoms with Gasteiger partial charge < -0.3 is 30.7 Å². The number of hydrogen-bond acceptors (Lipinski definition) is 6. The zero-order valence-electron chi connectivity index (χ0n) is 24.2. The van der Waals surface area contributed by atoms with Crippen molar-refractivity contribution in [2.75, 3.05) is 12.4 Å². The van der Waals surface area contributed by atoms with Crippen LogP contribution in [0.15, 0.2) is 42.5 Å². The van der Waals surface area contributed by atoms with Crippen LogP contribution in [0.25, 0.3) is 0 Å². The molecular weight excluding hydrogens is 512 g/mol. The molecule has 1 saturated carbocycles. The quantitative estimate of drug-likeness (QED) is 0.407. The lowest BCUT2D eigenvalue weighted by atomic mass is 9.97. The molecule has 216 valence electrons. The Morgan fingerprint density at radius 3 is 2.17 bits per heavy atom.